The summed E-state index contributed by atoms with van der Waals surface area (Å²) in [6.07, 6.45) is 2.12. The normalized spacial score (nSPS) is 21.8. The molecule has 1 aromatic heterocycles. The molecule has 0 bridgehead atoms. The maximum absolute atomic E-state index is 12.6. The van der Waals surface area contributed by atoms with Crippen molar-refractivity contribution < 1.29 is 14.3 Å². The van der Waals surface area contributed by atoms with Gasteiger partial charge in [-0.2, -0.15) is 9.97 Å². The maximum Gasteiger partial charge on any atom is 0.318 e. The van der Waals surface area contributed by atoms with Gasteiger partial charge in [0.1, 0.15) is 11.9 Å². The number of rotatable bonds is 8. The van der Waals surface area contributed by atoms with Crippen LogP contribution in [0.1, 0.15) is 16.8 Å². The van der Waals surface area contributed by atoms with Crippen molar-refractivity contribution in [2.75, 3.05) is 76.4 Å². The molecule has 1 amide bonds. The third-order valence-corrected chi connectivity index (χ3v) is 9.25. The highest BCUT2D eigenvalue weighted by Gasteiger charge is 2.35. The highest BCUT2D eigenvalue weighted by atomic mass is 16.5. The molecule has 10 nitrogen and oxygen atoms in total. The van der Waals surface area contributed by atoms with Gasteiger partial charge in [0.05, 0.1) is 32.1 Å². The predicted octanol–water partition coefficient (Wildman–Crippen LogP) is 3.58. The fourth-order valence-corrected chi connectivity index (χ4v) is 6.90. The molecule has 0 N–H and O–H groups in total. The van der Waals surface area contributed by atoms with Crippen LogP contribution >= 0.6 is 0 Å². The second kappa shape index (κ2) is 12.8. The second-order valence-electron chi connectivity index (χ2n) is 12.2. The fourth-order valence-electron chi connectivity index (χ4n) is 6.90. The van der Waals surface area contributed by atoms with Gasteiger partial charge >= 0.3 is 6.01 Å². The fraction of sp³-hybridized carbons (Fsp3) is 0.471. The molecule has 0 radical (unpaired) electrons. The molecule has 6 rings (SSSR count). The minimum absolute atomic E-state index is 0.137. The van der Waals surface area contributed by atoms with Crippen LogP contribution in [0.5, 0.6) is 6.01 Å². The quantitative estimate of drug-likeness (QED) is 0.289. The van der Waals surface area contributed by atoms with E-state index < -0.39 is 0 Å². The van der Waals surface area contributed by atoms with Gasteiger partial charge in [0.2, 0.25) is 12.5 Å². The molecule has 0 aliphatic carbocycles. The molecule has 3 aliphatic rings. The van der Waals surface area contributed by atoms with Crippen LogP contribution in [-0.2, 0) is 22.5 Å². The summed E-state index contributed by atoms with van der Waals surface area (Å²) in [4.78, 5) is 34.8. The summed E-state index contributed by atoms with van der Waals surface area (Å²) in [5, 5.41) is 2.50. The van der Waals surface area contributed by atoms with E-state index in [0.717, 1.165) is 30.0 Å². The lowest BCUT2D eigenvalue weighted by atomic mass is 9.99. The molecule has 3 aromatic rings. The van der Waals surface area contributed by atoms with Crippen LogP contribution in [0, 0.1) is 19.4 Å². The molecular formula is C34H41N7O3. The first-order valence-corrected chi connectivity index (χ1v) is 15.4. The Balaban J connectivity index is 1.34. The van der Waals surface area contributed by atoms with Crippen LogP contribution in [0.4, 0.5) is 11.5 Å². The van der Waals surface area contributed by atoms with Crippen LogP contribution in [-0.4, -0.2) is 104 Å². The highest BCUT2D eigenvalue weighted by Crippen LogP contribution is 2.36. The van der Waals surface area contributed by atoms with Gasteiger partial charge < -0.3 is 33.9 Å². The van der Waals surface area contributed by atoms with E-state index in [1.54, 1.807) is 4.90 Å². The molecule has 10 heteroatoms. The molecule has 44 heavy (non-hydrogen) atoms. The van der Waals surface area contributed by atoms with Crippen molar-refractivity contribution in [2.45, 2.75) is 32.0 Å². The van der Waals surface area contributed by atoms with Crippen LogP contribution in [0.2, 0.25) is 0 Å². The molecule has 3 atom stereocenters. The Hall–Kier alpha value is -4.20. The van der Waals surface area contributed by atoms with E-state index in [1.165, 1.54) is 28.1 Å². The molecular weight excluding hydrogens is 554 g/mol. The lowest BCUT2D eigenvalue weighted by molar-refractivity contribution is -0.128. The van der Waals surface area contributed by atoms with E-state index in [0.29, 0.717) is 52.0 Å². The van der Waals surface area contributed by atoms with Gasteiger partial charge in [0.25, 0.3) is 0 Å². The summed E-state index contributed by atoms with van der Waals surface area (Å²) in [6.45, 7) is 18.5. The highest BCUT2D eigenvalue weighted by molar-refractivity contribution is 5.97. The summed E-state index contributed by atoms with van der Waals surface area (Å²) in [7, 11) is 4.14. The zero-order valence-corrected chi connectivity index (χ0v) is 25.9. The Labute approximate surface area is 259 Å². The number of piperazine rings is 1. The Morgan fingerprint density at radius 3 is 2.75 bits per heavy atom. The molecule has 2 saturated heterocycles. The molecule has 230 valence electrons. The Kier molecular flexibility index (Phi) is 8.69. The first-order chi connectivity index (χ1) is 21.4. The maximum atomic E-state index is 12.6. The summed E-state index contributed by atoms with van der Waals surface area (Å²) < 4.78 is 12.1. The van der Waals surface area contributed by atoms with Gasteiger partial charge in [-0.3, -0.25) is 4.79 Å². The van der Waals surface area contributed by atoms with Gasteiger partial charge in [0.15, 0.2) is 0 Å². The largest absolute Gasteiger partial charge is 0.463 e. The number of carbonyl (C=O) groups excluding carboxylic acids is 1. The van der Waals surface area contributed by atoms with Crippen molar-refractivity contribution in [3.63, 3.8) is 0 Å². The first kappa shape index (κ1) is 29.9. The summed E-state index contributed by atoms with van der Waals surface area (Å²) in [5.41, 5.74) is 4.54. The van der Waals surface area contributed by atoms with Crippen molar-refractivity contribution in [3.8, 4) is 6.01 Å². The Morgan fingerprint density at radius 1 is 1.16 bits per heavy atom. The van der Waals surface area contributed by atoms with E-state index in [1.807, 2.05) is 0 Å². The average Bonchev–Trinajstić information content (AvgIpc) is 3.52. The summed E-state index contributed by atoms with van der Waals surface area (Å²) >= 11 is 0. The third-order valence-electron chi connectivity index (χ3n) is 9.25. The molecule has 4 heterocycles. The number of carbonyl (C=O) groups is 1. The van der Waals surface area contributed by atoms with Crippen LogP contribution in [0.3, 0.4) is 0 Å². The van der Waals surface area contributed by atoms with Crippen LogP contribution in [0.15, 0.2) is 49.1 Å². The molecule has 0 saturated carbocycles. The Morgan fingerprint density at radius 2 is 1.98 bits per heavy atom. The van der Waals surface area contributed by atoms with E-state index >= 15 is 0 Å². The topological polar surface area (TPSA) is 78.6 Å². The number of amides is 1. The SMILES string of the molecule is [C-]#[N+]C[C@H]1CN(c2nc(OC[C@H]3COC[C@@H]3N(C)C)nc3c2CCN(c2cccc4cccc(C)c24)C3)CCN1C(=O)C=C. The van der Waals surface area contributed by atoms with E-state index in [-0.39, 0.29) is 30.5 Å². The zero-order valence-electron chi connectivity index (χ0n) is 25.9. The number of hydrogen-bond donors (Lipinski definition) is 0. The van der Waals surface area contributed by atoms with Gasteiger partial charge in [-0.1, -0.05) is 36.9 Å². The number of benzene rings is 2. The van der Waals surface area contributed by atoms with Gasteiger partial charge in [-0.25, -0.2) is 6.57 Å². The number of likely N-dealkylation sites (N-methyl/N-ethyl adjacent to an activating group) is 1. The van der Waals surface area contributed by atoms with Gasteiger partial charge in [-0.15, -0.1) is 0 Å². The number of hydrogen-bond acceptors (Lipinski definition) is 8. The van der Waals surface area contributed by atoms with Crippen molar-refractivity contribution in [1.82, 2.24) is 19.8 Å². The van der Waals surface area contributed by atoms with E-state index in [4.69, 9.17) is 26.0 Å². The van der Waals surface area contributed by atoms with Gasteiger partial charge in [0, 0.05) is 54.8 Å². The lowest BCUT2D eigenvalue weighted by Gasteiger charge is -2.41. The van der Waals surface area contributed by atoms with Crippen molar-refractivity contribution in [2.24, 2.45) is 5.92 Å². The molecule has 2 aromatic carbocycles. The number of aryl methyl sites for hydroxylation is 1. The van der Waals surface area contributed by atoms with Crippen molar-refractivity contribution in [3.05, 3.63) is 77.3 Å². The lowest BCUT2D eigenvalue weighted by Crippen LogP contribution is -2.56. The predicted molar refractivity (Wildman–Crippen MR) is 172 cm³/mol. The Bertz CT molecular complexity index is 1580. The van der Waals surface area contributed by atoms with E-state index in [2.05, 4.69) is 83.5 Å². The molecule has 0 spiro atoms. The van der Waals surface area contributed by atoms with Crippen molar-refractivity contribution in [1.29, 1.82) is 0 Å². The van der Waals surface area contributed by atoms with Gasteiger partial charge in [-0.05, 0) is 50.5 Å². The number of aromatic nitrogens is 2. The smallest absolute Gasteiger partial charge is 0.318 e. The number of anilines is 2. The number of fused-ring (bicyclic) bond motifs is 2. The second-order valence-corrected chi connectivity index (χ2v) is 12.2. The summed E-state index contributed by atoms with van der Waals surface area (Å²) in [5.74, 6) is 0.938. The van der Waals surface area contributed by atoms with Crippen LogP contribution in [0.25, 0.3) is 15.6 Å². The standard InChI is InChI=1S/C34H41N7O3/c1-6-31(42)41-16-15-40(18-26(41)17-35-3)33-27-13-14-39(29-12-8-11-24-10-7-9-23(2)32(24)29)19-28(27)36-34(37-33)44-21-25-20-43-22-30(25)38(4)5/h6-12,25-26,30H,1,13-22H2,2,4-5H3/t25-,26+,30+/m1/s1. The van der Waals surface area contributed by atoms with Crippen LogP contribution < -0.4 is 14.5 Å². The first-order valence-electron chi connectivity index (χ1n) is 15.4. The number of ether oxygens (including phenoxy) is 2. The molecule has 3 aliphatic heterocycles. The average molecular weight is 596 g/mol. The summed E-state index contributed by atoms with van der Waals surface area (Å²) in [6, 6.07) is 13.3. The number of nitrogens with zero attached hydrogens (tertiary/aromatic N) is 7. The van der Waals surface area contributed by atoms with E-state index in [9.17, 15) is 4.79 Å². The zero-order chi connectivity index (χ0) is 30.8. The van der Waals surface area contributed by atoms with Crippen molar-refractivity contribution >= 4 is 28.2 Å². The minimum atomic E-state index is -0.239. The molecule has 0 unspecified atom stereocenters. The molecule has 2 fully saturated rings. The minimum Gasteiger partial charge on any atom is -0.463 e. The third kappa shape index (κ3) is 5.82. The monoisotopic (exact) mass is 595 g/mol.